The van der Waals surface area contributed by atoms with Crippen molar-refractivity contribution >= 4 is 17.4 Å². The molecule has 106 valence electrons. The number of hydrogen-bond donors (Lipinski definition) is 1. The van der Waals surface area contributed by atoms with Gasteiger partial charge in [-0.3, -0.25) is 4.79 Å². The number of ether oxygens (including phenoxy) is 1. The summed E-state index contributed by atoms with van der Waals surface area (Å²) in [6.45, 7) is 0. The van der Waals surface area contributed by atoms with E-state index in [4.69, 9.17) is 22.1 Å². The zero-order valence-electron chi connectivity index (χ0n) is 11.2. The van der Waals surface area contributed by atoms with E-state index in [-0.39, 0.29) is 17.2 Å². The van der Waals surface area contributed by atoms with Crippen LogP contribution in [0.3, 0.4) is 0 Å². The molecule has 0 fully saturated rings. The Balaban J connectivity index is 2.20. The lowest BCUT2D eigenvalue weighted by atomic mass is 9.78. The number of nitriles is 1. The van der Waals surface area contributed by atoms with E-state index >= 15 is 0 Å². The highest BCUT2D eigenvalue weighted by Gasteiger charge is 2.37. The normalized spacial score (nSPS) is 21.7. The first kappa shape index (κ1) is 13.7. The molecule has 0 radical (unpaired) electrons. The Hall–Kier alpha value is -2.25. The number of Topliss-reactive ketones (excluding diaryl/α,β-unsaturated/α-hetero) is 1. The van der Waals surface area contributed by atoms with Crippen LogP contribution >= 0.6 is 11.6 Å². The van der Waals surface area contributed by atoms with Gasteiger partial charge >= 0.3 is 0 Å². The van der Waals surface area contributed by atoms with Crippen molar-refractivity contribution in [1.82, 2.24) is 0 Å². The number of carbonyl (C=O) groups is 1. The smallest absolute Gasteiger partial charge is 0.205 e. The van der Waals surface area contributed by atoms with Crippen molar-refractivity contribution in [2.45, 2.75) is 25.2 Å². The number of carbonyl (C=O) groups excluding carboxylic acids is 1. The summed E-state index contributed by atoms with van der Waals surface area (Å²) in [6.07, 6.45) is 1.88. The standard InChI is InChI=1S/C16H13ClN2O2/c17-10-4-1-3-9(7-10)14-11(8-18)16(19)21-13-6-2-5-12(20)15(13)14/h1,3-4,7,14H,2,5-6,19H2/t14-/m0/s1. The highest BCUT2D eigenvalue weighted by Crippen LogP contribution is 2.43. The molecule has 21 heavy (non-hydrogen) atoms. The zero-order valence-corrected chi connectivity index (χ0v) is 12.0. The van der Waals surface area contributed by atoms with Crippen LogP contribution in [0.4, 0.5) is 0 Å². The third kappa shape index (κ3) is 2.30. The third-order valence-electron chi connectivity index (χ3n) is 3.79. The first-order chi connectivity index (χ1) is 10.1. The number of rotatable bonds is 1. The molecule has 2 N–H and O–H groups in total. The Bertz CT molecular complexity index is 728. The third-order valence-corrected chi connectivity index (χ3v) is 4.02. The Morgan fingerprint density at radius 1 is 1.38 bits per heavy atom. The van der Waals surface area contributed by atoms with Crippen LogP contribution in [0.15, 0.2) is 47.1 Å². The molecule has 1 aromatic rings. The molecule has 0 amide bonds. The molecule has 4 nitrogen and oxygen atoms in total. The second kappa shape index (κ2) is 5.27. The Morgan fingerprint density at radius 3 is 2.90 bits per heavy atom. The van der Waals surface area contributed by atoms with E-state index in [0.29, 0.717) is 29.2 Å². The number of allylic oxidation sites excluding steroid dienone is 3. The van der Waals surface area contributed by atoms with Crippen LogP contribution in [-0.2, 0) is 9.53 Å². The molecule has 3 rings (SSSR count). The van der Waals surface area contributed by atoms with Gasteiger partial charge in [0.05, 0.1) is 5.92 Å². The maximum absolute atomic E-state index is 12.3. The summed E-state index contributed by atoms with van der Waals surface area (Å²) in [5.41, 5.74) is 7.47. The van der Waals surface area contributed by atoms with Gasteiger partial charge in [-0.15, -0.1) is 0 Å². The minimum atomic E-state index is -0.481. The molecule has 1 atom stereocenters. The topological polar surface area (TPSA) is 76.1 Å². The second-order valence-corrected chi connectivity index (χ2v) is 5.53. The van der Waals surface area contributed by atoms with Crippen LogP contribution in [0.1, 0.15) is 30.7 Å². The predicted molar refractivity (Wildman–Crippen MR) is 78.0 cm³/mol. The number of hydrogen-bond acceptors (Lipinski definition) is 4. The molecule has 5 heteroatoms. The maximum Gasteiger partial charge on any atom is 0.205 e. The van der Waals surface area contributed by atoms with Crippen molar-refractivity contribution in [2.75, 3.05) is 0 Å². The molecule has 0 bridgehead atoms. The molecular formula is C16H13ClN2O2. The van der Waals surface area contributed by atoms with Gasteiger partial charge in [-0.1, -0.05) is 23.7 Å². The number of nitrogens with zero attached hydrogens (tertiary/aromatic N) is 1. The summed E-state index contributed by atoms with van der Waals surface area (Å²) >= 11 is 6.04. The van der Waals surface area contributed by atoms with Gasteiger partial charge in [0.2, 0.25) is 5.88 Å². The van der Waals surface area contributed by atoms with Crippen molar-refractivity contribution < 1.29 is 9.53 Å². The van der Waals surface area contributed by atoms with Gasteiger partial charge in [0.1, 0.15) is 17.4 Å². The fraction of sp³-hybridized carbons (Fsp3) is 0.250. The van der Waals surface area contributed by atoms with Gasteiger partial charge < -0.3 is 10.5 Å². The fourth-order valence-electron chi connectivity index (χ4n) is 2.88. The lowest BCUT2D eigenvalue weighted by molar-refractivity contribution is -0.116. The molecule has 0 saturated carbocycles. The molecule has 2 aliphatic rings. The van der Waals surface area contributed by atoms with Gasteiger partial charge in [-0.05, 0) is 24.1 Å². The lowest BCUT2D eigenvalue weighted by Gasteiger charge is -2.31. The van der Waals surface area contributed by atoms with E-state index in [1.54, 1.807) is 18.2 Å². The highest BCUT2D eigenvalue weighted by atomic mass is 35.5. The second-order valence-electron chi connectivity index (χ2n) is 5.09. The molecule has 0 aromatic heterocycles. The Kier molecular flexibility index (Phi) is 3.44. The van der Waals surface area contributed by atoms with Gasteiger partial charge in [0.15, 0.2) is 5.78 Å². The zero-order chi connectivity index (χ0) is 15.0. The van der Waals surface area contributed by atoms with Crippen molar-refractivity contribution in [2.24, 2.45) is 5.73 Å². The summed E-state index contributed by atoms with van der Waals surface area (Å²) in [6, 6.07) is 9.23. The van der Waals surface area contributed by atoms with E-state index in [9.17, 15) is 10.1 Å². The Labute approximate surface area is 127 Å². The van der Waals surface area contributed by atoms with Gasteiger partial charge in [-0.2, -0.15) is 5.26 Å². The largest absolute Gasteiger partial charge is 0.444 e. The lowest BCUT2D eigenvalue weighted by Crippen LogP contribution is -2.27. The number of halogens is 1. The monoisotopic (exact) mass is 300 g/mol. The summed E-state index contributed by atoms with van der Waals surface area (Å²) in [5, 5.41) is 9.96. The molecular weight excluding hydrogens is 288 g/mol. The average Bonchev–Trinajstić information content (AvgIpc) is 2.46. The first-order valence-corrected chi connectivity index (χ1v) is 7.09. The van der Waals surface area contributed by atoms with Crippen molar-refractivity contribution in [3.05, 3.63) is 57.6 Å². The summed E-state index contributed by atoms with van der Waals surface area (Å²) in [7, 11) is 0. The van der Waals surface area contributed by atoms with Gasteiger partial charge in [-0.25, -0.2) is 0 Å². The van der Waals surface area contributed by atoms with Crippen LogP contribution in [0.2, 0.25) is 5.02 Å². The van der Waals surface area contributed by atoms with Gasteiger partial charge in [0.25, 0.3) is 0 Å². The molecule has 1 aliphatic heterocycles. The number of benzene rings is 1. The Morgan fingerprint density at radius 2 is 2.19 bits per heavy atom. The summed E-state index contributed by atoms with van der Waals surface area (Å²) in [5.74, 6) is 0.204. The summed E-state index contributed by atoms with van der Waals surface area (Å²) in [4.78, 5) is 12.3. The minimum Gasteiger partial charge on any atom is -0.444 e. The van der Waals surface area contributed by atoms with Crippen LogP contribution in [-0.4, -0.2) is 5.78 Å². The highest BCUT2D eigenvalue weighted by molar-refractivity contribution is 6.30. The molecule has 0 spiro atoms. The van der Waals surface area contributed by atoms with E-state index in [1.165, 1.54) is 0 Å². The van der Waals surface area contributed by atoms with E-state index < -0.39 is 5.92 Å². The summed E-state index contributed by atoms with van der Waals surface area (Å²) < 4.78 is 5.51. The fourth-order valence-corrected chi connectivity index (χ4v) is 3.07. The van der Waals surface area contributed by atoms with E-state index in [0.717, 1.165) is 12.0 Å². The van der Waals surface area contributed by atoms with Crippen LogP contribution in [0.25, 0.3) is 0 Å². The quantitative estimate of drug-likeness (QED) is 0.864. The number of ketones is 1. The van der Waals surface area contributed by atoms with Crippen molar-refractivity contribution in [1.29, 1.82) is 5.26 Å². The molecule has 0 saturated heterocycles. The van der Waals surface area contributed by atoms with Crippen LogP contribution in [0, 0.1) is 11.3 Å². The SMILES string of the molecule is N#CC1=C(N)OC2=C(C(=O)CCC2)[C@H]1c1cccc(Cl)c1. The molecule has 0 unspecified atom stereocenters. The van der Waals surface area contributed by atoms with E-state index in [1.807, 2.05) is 6.07 Å². The van der Waals surface area contributed by atoms with Crippen LogP contribution in [0.5, 0.6) is 0 Å². The van der Waals surface area contributed by atoms with E-state index in [2.05, 4.69) is 6.07 Å². The first-order valence-electron chi connectivity index (χ1n) is 6.71. The molecule has 1 aliphatic carbocycles. The van der Waals surface area contributed by atoms with Crippen molar-refractivity contribution in [3.8, 4) is 6.07 Å². The molecule has 1 heterocycles. The maximum atomic E-state index is 12.3. The predicted octanol–water partition coefficient (Wildman–Crippen LogP) is 3.15. The average molecular weight is 301 g/mol. The van der Waals surface area contributed by atoms with Crippen molar-refractivity contribution in [3.63, 3.8) is 0 Å². The molecule has 1 aromatic carbocycles. The van der Waals surface area contributed by atoms with Crippen LogP contribution < -0.4 is 5.73 Å². The minimum absolute atomic E-state index is 0.0153. The number of nitrogens with two attached hydrogens (primary N) is 1. The van der Waals surface area contributed by atoms with Gasteiger partial charge in [0, 0.05) is 23.4 Å².